The Kier molecular flexibility index (Phi) is 6.44. The SMILES string of the molecule is CCN1CC[N-]CC1.[Y+3]. The van der Waals surface area contributed by atoms with E-state index in [0.29, 0.717) is 0 Å². The maximum Gasteiger partial charge on any atom is 3.00 e. The molecule has 0 aromatic carbocycles. The van der Waals surface area contributed by atoms with E-state index in [1.54, 1.807) is 0 Å². The second-order valence-corrected chi connectivity index (χ2v) is 2.11. The Bertz CT molecular complexity index is 62.1. The third kappa shape index (κ3) is 3.66. The van der Waals surface area contributed by atoms with Crippen molar-refractivity contribution in [3.63, 3.8) is 0 Å². The van der Waals surface area contributed by atoms with Gasteiger partial charge in [0.15, 0.2) is 0 Å². The van der Waals surface area contributed by atoms with Crippen molar-refractivity contribution < 1.29 is 32.7 Å². The number of likely N-dealkylation sites (N-methyl/N-ethyl adjacent to an activating group) is 1. The van der Waals surface area contributed by atoms with Gasteiger partial charge in [-0.15, -0.1) is 13.1 Å². The van der Waals surface area contributed by atoms with Crippen LogP contribution in [0.15, 0.2) is 0 Å². The molecule has 0 radical (unpaired) electrons. The summed E-state index contributed by atoms with van der Waals surface area (Å²) in [6, 6.07) is 0. The van der Waals surface area contributed by atoms with E-state index in [0.717, 1.165) is 13.1 Å². The number of hydrogen-bond donors (Lipinski definition) is 0. The van der Waals surface area contributed by atoms with E-state index < -0.39 is 0 Å². The predicted molar refractivity (Wildman–Crippen MR) is 35.2 cm³/mol. The van der Waals surface area contributed by atoms with Crippen LogP contribution in [0, 0.1) is 0 Å². The van der Waals surface area contributed by atoms with Crippen LogP contribution in [0.2, 0.25) is 0 Å². The smallest absolute Gasteiger partial charge is 0.660 e. The Morgan fingerprint density at radius 1 is 1.33 bits per heavy atom. The Balaban J connectivity index is 0.000000640. The molecule has 0 aliphatic carbocycles. The second kappa shape index (κ2) is 5.78. The molecule has 0 amide bonds. The third-order valence-electron chi connectivity index (χ3n) is 1.60. The summed E-state index contributed by atoms with van der Waals surface area (Å²) in [5.41, 5.74) is 0. The summed E-state index contributed by atoms with van der Waals surface area (Å²) in [5.74, 6) is 0. The molecule has 0 atom stereocenters. The maximum absolute atomic E-state index is 4.23. The molecule has 1 fully saturated rings. The first-order valence-corrected chi connectivity index (χ1v) is 3.29. The van der Waals surface area contributed by atoms with Gasteiger partial charge in [-0.05, 0) is 19.6 Å². The molecule has 9 heavy (non-hydrogen) atoms. The zero-order chi connectivity index (χ0) is 5.82. The predicted octanol–water partition coefficient (Wildman–Crippen LogP) is 0.693. The molecule has 0 N–H and O–H groups in total. The second-order valence-electron chi connectivity index (χ2n) is 2.11. The average molecular weight is 202 g/mol. The first kappa shape index (κ1) is 10.0. The third-order valence-corrected chi connectivity index (χ3v) is 1.60. The normalized spacial score (nSPS) is 21.0. The Morgan fingerprint density at radius 3 is 2.22 bits per heavy atom. The molecule has 0 aromatic rings. The Labute approximate surface area is 82.3 Å². The molecule has 0 spiro atoms. The summed E-state index contributed by atoms with van der Waals surface area (Å²) in [7, 11) is 0. The molecule has 48 valence electrons. The van der Waals surface area contributed by atoms with Gasteiger partial charge < -0.3 is 10.2 Å². The van der Waals surface area contributed by atoms with Gasteiger partial charge in [0.1, 0.15) is 0 Å². The summed E-state index contributed by atoms with van der Waals surface area (Å²) >= 11 is 0. The van der Waals surface area contributed by atoms with Gasteiger partial charge in [-0.25, -0.2) is 0 Å². The average Bonchev–Trinajstić information content (AvgIpc) is 1.90. The minimum Gasteiger partial charge on any atom is -0.660 e. The zero-order valence-electron chi connectivity index (χ0n) is 6.01. The van der Waals surface area contributed by atoms with Crippen LogP contribution in [0.1, 0.15) is 6.92 Å². The number of nitrogens with zero attached hydrogens (tertiary/aromatic N) is 2. The summed E-state index contributed by atoms with van der Waals surface area (Å²) in [4.78, 5) is 2.42. The Morgan fingerprint density at radius 2 is 1.89 bits per heavy atom. The summed E-state index contributed by atoms with van der Waals surface area (Å²) in [5, 5.41) is 4.23. The maximum atomic E-state index is 4.23. The molecule has 1 rings (SSSR count). The van der Waals surface area contributed by atoms with E-state index in [4.69, 9.17) is 0 Å². The number of rotatable bonds is 1. The standard InChI is InChI=1S/C6H13N2.Y/c1-2-8-5-3-7-4-6-8;/h2-6H2,1H3;/q-1;+3. The fourth-order valence-corrected chi connectivity index (χ4v) is 0.964. The van der Waals surface area contributed by atoms with E-state index in [2.05, 4.69) is 17.1 Å². The van der Waals surface area contributed by atoms with Crippen LogP contribution in [-0.2, 0) is 32.7 Å². The van der Waals surface area contributed by atoms with Crippen LogP contribution in [0.3, 0.4) is 0 Å². The van der Waals surface area contributed by atoms with Crippen LogP contribution in [-0.4, -0.2) is 37.6 Å². The van der Waals surface area contributed by atoms with Crippen molar-refractivity contribution in [1.82, 2.24) is 4.90 Å². The molecule has 3 heteroatoms. The summed E-state index contributed by atoms with van der Waals surface area (Å²) in [6.45, 7) is 7.84. The molecule has 1 aliphatic heterocycles. The minimum absolute atomic E-state index is 0. The molecular formula is C6H13N2Y+2. The van der Waals surface area contributed by atoms with E-state index in [1.807, 2.05) is 0 Å². The van der Waals surface area contributed by atoms with Crippen molar-refractivity contribution >= 4 is 0 Å². The monoisotopic (exact) mass is 202 g/mol. The number of piperazine rings is 1. The van der Waals surface area contributed by atoms with Crippen molar-refractivity contribution in [3.05, 3.63) is 5.32 Å². The van der Waals surface area contributed by atoms with Crippen LogP contribution in [0.25, 0.3) is 5.32 Å². The minimum atomic E-state index is 0. The molecule has 1 aliphatic rings. The van der Waals surface area contributed by atoms with Gasteiger partial charge in [-0.1, -0.05) is 6.92 Å². The van der Waals surface area contributed by atoms with Crippen LogP contribution < -0.4 is 0 Å². The molecule has 2 nitrogen and oxygen atoms in total. The molecule has 0 saturated carbocycles. The van der Waals surface area contributed by atoms with Crippen LogP contribution >= 0.6 is 0 Å². The molecule has 1 saturated heterocycles. The van der Waals surface area contributed by atoms with Crippen molar-refractivity contribution in [2.75, 3.05) is 32.7 Å². The van der Waals surface area contributed by atoms with Crippen molar-refractivity contribution in [1.29, 1.82) is 0 Å². The number of hydrogen-bond acceptors (Lipinski definition) is 1. The molecule has 0 aromatic heterocycles. The van der Waals surface area contributed by atoms with Gasteiger partial charge in [0.25, 0.3) is 0 Å². The summed E-state index contributed by atoms with van der Waals surface area (Å²) in [6.07, 6.45) is 0. The first-order valence-electron chi connectivity index (χ1n) is 3.29. The Hall–Kier alpha value is 1.02. The molecule has 1 heterocycles. The van der Waals surface area contributed by atoms with Gasteiger partial charge in [-0.3, -0.25) is 0 Å². The zero-order valence-corrected chi connectivity index (χ0v) is 8.85. The molecular weight excluding hydrogens is 189 g/mol. The van der Waals surface area contributed by atoms with E-state index in [-0.39, 0.29) is 32.7 Å². The van der Waals surface area contributed by atoms with E-state index in [1.165, 1.54) is 19.6 Å². The van der Waals surface area contributed by atoms with Gasteiger partial charge in [0, 0.05) is 0 Å². The van der Waals surface area contributed by atoms with Gasteiger partial charge in [0.05, 0.1) is 0 Å². The largest absolute Gasteiger partial charge is 3.00 e. The van der Waals surface area contributed by atoms with Crippen molar-refractivity contribution in [2.24, 2.45) is 0 Å². The fourth-order valence-electron chi connectivity index (χ4n) is 0.964. The van der Waals surface area contributed by atoms with Crippen LogP contribution in [0.5, 0.6) is 0 Å². The van der Waals surface area contributed by atoms with Crippen molar-refractivity contribution in [3.8, 4) is 0 Å². The summed E-state index contributed by atoms with van der Waals surface area (Å²) < 4.78 is 0. The fraction of sp³-hybridized carbons (Fsp3) is 1.00. The molecule has 0 bridgehead atoms. The van der Waals surface area contributed by atoms with Crippen molar-refractivity contribution in [2.45, 2.75) is 6.92 Å². The van der Waals surface area contributed by atoms with E-state index >= 15 is 0 Å². The molecule has 0 unspecified atom stereocenters. The van der Waals surface area contributed by atoms with E-state index in [9.17, 15) is 0 Å². The van der Waals surface area contributed by atoms with Gasteiger partial charge in [-0.2, -0.15) is 0 Å². The first-order chi connectivity index (χ1) is 3.93. The van der Waals surface area contributed by atoms with Gasteiger partial charge in [0.2, 0.25) is 0 Å². The topological polar surface area (TPSA) is 17.3 Å². The van der Waals surface area contributed by atoms with Crippen LogP contribution in [0.4, 0.5) is 0 Å². The van der Waals surface area contributed by atoms with Gasteiger partial charge >= 0.3 is 32.7 Å². The quantitative estimate of drug-likeness (QED) is 0.611.